The van der Waals surface area contributed by atoms with Gasteiger partial charge in [-0.3, -0.25) is 0 Å². The Balaban J connectivity index is 2.02. The maximum atomic E-state index is 14.0. The first-order valence-corrected chi connectivity index (χ1v) is 9.17. The van der Waals surface area contributed by atoms with Gasteiger partial charge in [-0.05, 0) is 31.9 Å². The topological polar surface area (TPSA) is 75.2 Å². The van der Waals surface area contributed by atoms with Crippen molar-refractivity contribution in [2.45, 2.75) is 30.7 Å². The van der Waals surface area contributed by atoms with E-state index in [0.717, 1.165) is 6.07 Å². The van der Waals surface area contributed by atoms with Crippen molar-refractivity contribution < 1.29 is 12.8 Å². The summed E-state index contributed by atoms with van der Waals surface area (Å²) in [7, 11) is -2.18. The van der Waals surface area contributed by atoms with Gasteiger partial charge in [0, 0.05) is 19.7 Å². The number of aromatic nitrogens is 2. The third-order valence-electron chi connectivity index (χ3n) is 4.08. The van der Waals surface area contributed by atoms with E-state index in [1.807, 2.05) is 0 Å². The van der Waals surface area contributed by atoms with Crippen molar-refractivity contribution in [3.8, 4) is 0 Å². The van der Waals surface area contributed by atoms with Crippen LogP contribution in [0.15, 0.2) is 35.2 Å². The molecule has 1 aromatic heterocycles. The van der Waals surface area contributed by atoms with E-state index in [9.17, 15) is 12.8 Å². The van der Waals surface area contributed by atoms with E-state index >= 15 is 0 Å². The van der Waals surface area contributed by atoms with E-state index in [1.165, 1.54) is 22.5 Å². The fraction of sp³-hybridized carbons (Fsp3) is 0.375. The Kier molecular flexibility index (Phi) is 4.51. The molecule has 1 aliphatic rings. The van der Waals surface area contributed by atoms with Crippen LogP contribution in [0.2, 0.25) is 0 Å². The van der Waals surface area contributed by atoms with Crippen molar-refractivity contribution in [3.63, 3.8) is 0 Å². The lowest BCUT2D eigenvalue weighted by Gasteiger charge is -2.24. The number of hydrogen-bond acceptors (Lipinski definition) is 5. The van der Waals surface area contributed by atoms with Gasteiger partial charge in [0.05, 0.1) is 11.7 Å². The lowest BCUT2D eigenvalue weighted by Crippen LogP contribution is -2.32. The molecule has 0 radical (unpaired) electrons. The average Bonchev–Trinajstić information content (AvgIpc) is 3.05. The van der Waals surface area contributed by atoms with E-state index < -0.39 is 21.9 Å². The second-order valence-corrected chi connectivity index (χ2v) is 7.54. The summed E-state index contributed by atoms with van der Waals surface area (Å²) in [5.74, 6) is 0.456. The summed E-state index contributed by atoms with van der Waals surface area (Å²) in [6.45, 7) is 2.11. The first-order valence-electron chi connectivity index (χ1n) is 7.73. The number of anilines is 1. The van der Waals surface area contributed by atoms with Gasteiger partial charge in [-0.1, -0.05) is 12.1 Å². The number of benzene rings is 1. The van der Waals surface area contributed by atoms with Gasteiger partial charge in [0.15, 0.2) is 0 Å². The Hall–Kier alpha value is -2.06. The highest BCUT2D eigenvalue weighted by Gasteiger charge is 2.38. The minimum atomic E-state index is -3.92. The molecule has 8 heteroatoms. The molecule has 1 N–H and O–H groups in total. The summed E-state index contributed by atoms with van der Waals surface area (Å²) in [4.78, 5) is 8.33. The molecule has 2 heterocycles. The van der Waals surface area contributed by atoms with E-state index in [2.05, 4.69) is 15.3 Å². The van der Waals surface area contributed by atoms with Crippen molar-refractivity contribution >= 4 is 15.8 Å². The molecule has 128 valence electrons. The molecule has 1 aliphatic heterocycles. The SMILES string of the molecule is CNc1cc(C2CCCN2S(=O)(=O)c2ccccc2F)nc(C)n1. The van der Waals surface area contributed by atoms with E-state index in [0.29, 0.717) is 36.7 Å². The average molecular weight is 350 g/mol. The summed E-state index contributed by atoms with van der Waals surface area (Å²) in [5, 5.41) is 2.95. The highest BCUT2D eigenvalue weighted by atomic mass is 32.2. The molecule has 0 amide bonds. The van der Waals surface area contributed by atoms with Crippen LogP contribution in [0, 0.1) is 12.7 Å². The van der Waals surface area contributed by atoms with Crippen LogP contribution in [0.3, 0.4) is 0 Å². The fourth-order valence-electron chi connectivity index (χ4n) is 2.99. The van der Waals surface area contributed by atoms with Gasteiger partial charge in [0.1, 0.15) is 22.4 Å². The van der Waals surface area contributed by atoms with Crippen molar-refractivity contribution in [2.24, 2.45) is 0 Å². The third kappa shape index (κ3) is 2.99. The van der Waals surface area contributed by atoms with Crippen LogP contribution in [0.5, 0.6) is 0 Å². The maximum absolute atomic E-state index is 14.0. The first-order chi connectivity index (χ1) is 11.4. The summed E-state index contributed by atoms with van der Waals surface area (Å²) in [5.41, 5.74) is 0.629. The molecule has 1 atom stereocenters. The normalized spacial score (nSPS) is 18.7. The third-order valence-corrected chi connectivity index (χ3v) is 6.02. The smallest absolute Gasteiger partial charge is 0.246 e. The van der Waals surface area contributed by atoms with Gasteiger partial charge >= 0.3 is 0 Å². The number of rotatable bonds is 4. The minimum Gasteiger partial charge on any atom is -0.373 e. The highest BCUT2D eigenvalue weighted by Crippen LogP contribution is 2.36. The molecular formula is C16H19FN4O2S. The van der Waals surface area contributed by atoms with Gasteiger partial charge < -0.3 is 5.32 Å². The molecule has 0 spiro atoms. The summed E-state index contributed by atoms with van der Waals surface area (Å²) in [6, 6.07) is 6.78. The monoisotopic (exact) mass is 350 g/mol. The van der Waals surface area contributed by atoms with Crippen LogP contribution in [0.4, 0.5) is 10.2 Å². The number of halogens is 1. The molecule has 0 aliphatic carbocycles. The second kappa shape index (κ2) is 6.45. The molecule has 2 aromatic rings. The Bertz CT molecular complexity index is 857. The molecule has 1 aromatic carbocycles. The standard InChI is InChI=1S/C16H19FN4O2S/c1-11-19-13(10-16(18-2)20-11)14-7-5-9-21(14)24(22,23)15-8-4-3-6-12(15)17/h3-4,6,8,10,14H,5,7,9H2,1-2H3,(H,18,19,20). The molecule has 0 bridgehead atoms. The Morgan fingerprint density at radius 2 is 2.04 bits per heavy atom. The highest BCUT2D eigenvalue weighted by molar-refractivity contribution is 7.89. The minimum absolute atomic E-state index is 0.295. The van der Waals surface area contributed by atoms with E-state index in [4.69, 9.17) is 0 Å². The van der Waals surface area contributed by atoms with E-state index in [-0.39, 0.29) is 4.90 Å². The van der Waals surface area contributed by atoms with Gasteiger partial charge in [0.25, 0.3) is 0 Å². The van der Waals surface area contributed by atoms with Crippen molar-refractivity contribution in [1.82, 2.24) is 14.3 Å². The van der Waals surface area contributed by atoms with Crippen LogP contribution >= 0.6 is 0 Å². The van der Waals surface area contributed by atoms with Crippen LogP contribution in [0.1, 0.15) is 30.4 Å². The van der Waals surface area contributed by atoms with E-state index in [1.54, 1.807) is 20.0 Å². The Morgan fingerprint density at radius 3 is 2.75 bits per heavy atom. The number of nitrogens with zero attached hydrogens (tertiary/aromatic N) is 3. The van der Waals surface area contributed by atoms with Crippen molar-refractivity contribution in [3.05, 3.63) is 47.7 Å². The molecule has 24 heavy (non-hydrogen) atoms. The van der Waals surface area contributed by atoms with Crippen molar-refractivity contribution in [2.75, 3.05) is 18.9 Å². The lowest BCUT2D eigenvalue weighted by molar-refractivity contribution is 0.387. The summed E-state index contributed by atoms with van der Waals surface area (Å²) >= 11 is 0. The van der Waals surface area contributed by atoms with Crippen LogP contribution in [-0.2, 0) is 10.0 Å². The summed E-state index contributed by atoms with van der Waals surface area (Å²) < 4.78 is 41.2. The van der Waals surface area contributed by atoms with Gasteiger partial charge in [-0.2, -0.15) is 4.31 Å². The molecule has 1 saturated heterocycles. The van der Waals surface area contributed by atoms with Crippen molar-refractivity contribution in [1.29, 1.82) is 0 Å². The number of hydrogen-bond donors (Lipinski definition) is 1. The second-order valence-electron chi connectivity index (χ2n) is 5.68. The van der Waals surface area contributed by atoms with Gasteiger partial charge in [0.2, 0.25) is 10.0 Å². The number of aryl methyl sites for hydroxylation is 1. The fourth-order valence-corrected chi connectivity index (χ4v) is 4.73. The molecule has 1 fully saturated rings. The predicted octanol–water partition coefficient (Wildman–Crippen LogP) is 2.49. The molecule has 3 rings (SSSR count). The molecule has 0 saturated carbocycles. The zero-order valence-electron chi connectivity index (χ0n) is 13.5. The van der Waals surface area contributed by atoms with Gasteiger partial charge in [-0.15, -0.1) is 0 Å². The quantitative estimate of drug-likeness (QED) is 0.917. The zero-order chi connectivity index (χ0) is 17.3. The maximum Gasteiger partial charge on any atom is 0.246 e. The lowest BCUT2D eigenvalue weighted by atomic mass is 10.1. The Labute approximate surface area is 140 Å². The largest absolute Gasteiger partial charge is 0.373 e. The number of sulfonamides is 1. The first kappa shape index (κ1) is 16.8. The van der Waals surface area contributed by atoms with Crippen LogP contribution in [0.25, 0.3) is 0 Å². The predicted molar refractivity (Wildman–Crippen MR) is 88.6 cm³/mol. The summed E-state index contributed by atoms with van der Waals surface area (Å²) in [6.07, 6.45) is 1.35. The molecular weight excluding hydrogens is 331 g/mol. The number of nitrogens with one attached hydrogen (secondary N) is 1. The zero-order valence-corrected chi connectivity index (χ0v) is 14.3. The Morgan fingerprint density at radius 1 is 1.29 bits per heavy atom. The van der Waals surface area contributed by atoms with Crippen LogP contribution in [-0.4, -0.2) is 36.3 Å². The van der Waals surface area contributed by atoms with Crippen LogP contribution < -0.4 is 5.32 Å². The molecule has 1 unspecified atom stereocenters. The van der Waals surface area contributed by atoms with Gasteiger partial charge in [-0.25, -0.2) is 22.8 Å². The molecule has 6 nitrogen and oxygen atoms in total.